The van der Waals surface area contributed by atoms with Crippen LogP contribution in [0.4, 0.5) is 0 Å². The van der Waals surface area contributed by atoms with Crippen molar-refractivity contribution in [2.75, 3.05) is 26.3 Å². The second-order valence-corrected chi connectivity index (χ2v) is 7.92. The van der Waals surface area contributed by atoms with E-state index in [-0.39, 0.29) is 88.0 Å². The molecular weight excluding hydrogens is 542 g/mol. The van der Waals surface area contributed by atoms with E-state index in [1.807, 2.05) is 0 Å². The number of amides is 2. The fraction of sp³-hybridized carbons (Fsp3) is 0.778. The largest absolute Gasteiger partial charge is 2.00 e. The zero-order valence-electron chi connectivity index (χ0n) is 18.3. The van der Waals surface area contributed by atoms with Crippen molar-refractivity contribution in [1.82, 2.24) is 10.6 Å². The maximum atomic E-state index is 11.2. The normalized spacial score (nSPS) is 12.9. The van der Waals surface area contributed by atoms with E-state index in [1.165, 1.54) is 27.7 Å². The van der Waals surface area contributed by atoms with E-state index in [4.69, 9.17) is 10.2 Å². The molecule has 176 valence electrons. The van der Waals surface area contributed by atoms with Crippen molar-refractivity contribution >= 4 is 72.6 Å². The van der Waals surface area contributed by atoms with Crippen LogP contribution >= 0.6 is 0 Å². The molecule has 0 heterocycles. The van der Waals surface area contributed by atoms with Crippen LogP contribution < -0.4 is 20.8 Å². The standard InChI is InChI=1S/2C9H17NO5.Ba/c2*1-9(2,5-11)7(14)8(15)10-4-3-6(12)13;/h2*7,11,14H,3-5H2,1-2H3,(H,10,15)(H,12,13);/q;;+2/p-2/t2*7-;/m00./s1. The van der Waals surface area contributed by atoms with Crippen molar-refractivity contribution in [2.45, 2.75) is 52.7 Å². The fourth-order valence-electron chi connectivity index (χ4n) is 1.65. The minimum absolute atomic E-state index is 0. The van der Waals surface area contributed by atoms with Crippen molar-refractivity contribution in [1.29, 1.82) is 0 Å². The molecule has 0 aromatic carbocycles. The molecule has 0 saturated carbocycles. The molecule has 0 aliphatic carbocycles. The predicted octanol–water partition coefficient (Wildman–Crippen LogP) is -5.14. The number of carbonyl (C=O) groups excluding carboxylic acids is 4. The van der Waals surface area contributed by atoms with Gasteiger partial charge in [-0.2, -0.15) is 0 Å². The van der Waals surface area contributed by atoms with Gasteiger partial charge in [0.05, 0.1) is 13.2 Å². The van der Waals surface area contributed by atoms with Gasteiger partial charge in [-0.3, -0.25) is 9.59 Å². The Morgan fingerprint density at radius 3 is 1.19 bits per heavy atom. The van der Waals surface area contributed by atoms with Crippen LogP contribution in [0, 0.1) is 10.8 Å². The summed E-state index contributed by atoms with van der Waals surface area (Å²) in [6.45, 7) is 5.21. The molecule has 0 aliphatic rings. The molecule has 0 spiro atoms. The summed E-state index contributed by atoms with van der Waals surface area (Å²) in [5.41, 5.74) is -1.91. The zero-order chi connectivity index (χ0) is 24.1. The quantitative estimate of drug-likeness (QED) is 0.122. The Balaban J connectivity index is -0.000000490. The molecular formula is C18H32BaN2O10. The molecule has 6 N–H and O–H groups in total. The van der Waals surface area contributed by atoms with Crippen LogP contribution in [-0.2, 0) is 19.2 Å². The van der Waals surface area contributed by atoms with Crippen LogP contribution in [0.3, 0.4) is 0 Å². The van der Waals surface area contributed by atoms with Crippen LogP contribution in [-0.4, -0.2) is 132 Å². The second-order valence-electron chi connectivity index (χ2n) is 7.92. The molecule has 12 nitrogen and oxygen atoms in total. The first kappa shape index (κ1) is 34.9. The number of aliphatic hydroxyl groups excluding tert-OH is 4. The Labute approximate surface area is 221 Å². The van der Waals surface area contributed by atoms with Gasteiger partial charge >= 0.3 is 48.9 Å². The molecule has 0 fully saturated rings. The van der Waals surface area contributed by atoms with E-state index in [0.717, 1.165) is 0 Å². The van der Waals surface area contributed by atoms with E-state index in [2.05, 4.69) is 10.6 Å². The zero-order valence-corrected chi connectivity index (χ0v) is 22.8. The van der Waals surface area contributed by atoms with E-state index < -0.39 is 46.8 Å². The number of carboxylic acid groups (broad SMARTS) is 2. The van der Waals surface area contributed by atoms with Crippen molar-refractivity contribution < 1.29 is 49.8 Å². The smallest absolute Gasteiger partial charge is 0.550 e. The van der Waals surface area contributed by atoms with Gasteiger partial charge in [-0.25, -0.2) is 0 Å². The summed E-state index contributed by atoms with van der Waals surface area (Å²) >= 11 is 0. The van der Waals surface area contributed by atoms with Crippen LogP contribution in [0.15, 0.2) is 0 Å². The van der Waals surface area contributed by atoms with E-state index in [1.54, 1.807) is 0 Å². The number of hydrogen-bond acceptors (Lipinski definition) is 10. The van der Waals surface area contributed by atoms with Gasteiger partial charge < -0.3 is 50.9 Å². The average Bonchev–Trinajstić information content (AvgIpc) is 2.66. The van der Waals surface area contributed by atoms with Crippen molar-refractivity contribution in [3.8, 4) is 0 Å². The number of carbonyl (C=O) groups is 4. The maximum Gasteiger partial charge on any atom is 2.00 e. The maximum absolute atomic E-state index is 11.2. The molecule has 13 heteroatoms. The summed E-state index contributed by atoms with van der Waals surface area (Å²) in [5.74, 6) is -3.94. The van der Waals surface area contributed by atoms with Gasteiger partial charge in [0.1, 0.15) is 12.2 Å². The minimum atomic E-state index is -1.37. The third-order valence-corrected chi connectivity index (χ3v) is 4.05. The molecule has 0 unspecified atom stereocenters. The summed E-state index contributed by atoms with van der Waals surface area (Å²) in [7, 11) is 0. The first-order valence-corrected chi connectivity index (χ1v) is 9.15. The number of nitrogens with one attached hydrogen (secondary N) is 2. The summed E-state index contributed by atoms with van der Waals surface area (Å²) in [4.78, 5) is 42.6. The SMILES string of the molecule is CC(C)(CO)[C@@H](O)C(=O)NCCC(=O)[O-].CC(C)(CO)[C@@H](O)C(=O)NCCC(=O)[O-].[Ba+2]. The van der Waals surface area contributed by atoms with E-state index in [0.29, 0.717) is 0 Å². The van der Waals surface area contributed by atoms with Gasteiger partial charge in [-0.05, 0) is 0 Å². The van der Waals surface area contributed by atoms with Crippen LogP contribution in [0.2, 0.25) is 0 Å². The number of hydrogen-bond donors (Lipinski definition) is 6. The average molecular weight is 574 g/mol. The first-order chi connectivity index (χ1) is 13.6. The van der Waals surface area contributed by atoms with Crippen molar-refractivity contribution in [3.63, 3.8) is 0 Å². The second kappa shape index (κ2) is 16.9. The van der Waals surface area contributed by atoms with Gasteiger partial charge in [-0.1, -0.05) is 27.7 Å². The molecule has 2 atom stereocenters. The van der Waals surface area contributed by atoms with Crippen LogP contribution in [0.25, 0.3) is 0 Å². The summed E-state index contributed by atoms with van der Waals surface area (Å²) < 4.78 is 0. The Bertz CT molecular complexity index is 534. The summed E-state index contributed by atoms with van der Waals surface area (Å²) in [5, 5.41) is 61.3. The molecule has 0 aliphatic heterocycles. The number of rotatable bonds is 12. The van der Waals surface area contributed by atoms with Gasteiger partial charge in [0, 0.05) is 48.7 Å². The molecule has 2 amide bonds. The van der Waals surface area contributed by atoms with Gasteiger partial charge in [0.2, 0.25) is 11.8 Å². The predicted molar refractivity (Wildman–Crippen MR) is 105 cm³/mol. The van der Waals surface area contributed by atoms with Crippen molar-refractivity contribution in [2.24, 2.45) is 10.8 Å². The number of carboxylic acids is 2. The first-order valence-electron chi connectivity index (χ1n) is 9.15. The Morgan fingerprint density at radius 2 is 1.00 bits per heavy atom. The third-order valence-electron chi connectivity index (χ3n) is 4.05. The third kappa shape index (κ3) is 15.7. The summed E-state index contributed by atoms with van der Waals surface area (Å²) in [6.07, 6.45) is -3.36. The van der Waals surface area contributed by atoms with E-state index in [9.17, 15) is 39.6 Å². The van der Waals surface area contributed by atoms with Gasteiger partial charge in [0.15, 0.2) is 0 Å². The molecule has 0 radical (unpaired) electrons. The van der Waals surface area contributed by atoms with Crippen molar-refractivity contribution in [3.05, 3.63) is 0 Å². The minimum Gasteiger partial charge on any atom is -0.550 e. The Kier molecular flexibility index (Phi) is 19.0. The molecule has 0 aromatic rings. The molecule has 0 aromatic heterocycles. The van der Waals surface area contributed by atoms with E-state index >= 15 is 0 Å². The van der Waals surface area contributed by atoms with Crippen LogP contribution in [0.1, 0.15) is 40.5 Å². The van der Waals surface area contributed by atoms with Gasteiger partial charge in [0.25, 0.3) is 0 Å². The summed E-state index contributed by atoms with van der Waals surface area (Å²) in [6, 6.07) is 0. The number of aliphatic carboxylic acids is 2. The molecule has 31 heavy (non-hydrogen) atoms. The molecule has 0 rings (SSSR count). The monoisotopic (exact) mass is 574 g/mol. The molecule has 0 saturated heterocycles. The molecule has 0 bridgehead atoms. The Hall–Kier alpha value is -0.709. The number of aliphatic hydroxyl groups is 4. The van der Waals surface area contributed by atoms with Gasteiger partial charge in [-0.15, -0.1) is 0 Å². The fourth-order valence-corrected chi connectivity index (χ4v) is 1.65. The van der Waals surface area contributed by atoms with Crippen LogP contribution in [0.5, 0.6) is 0 Å². The topological polar surface area (TPSA) is 219 Å². The Morgan fingerprint density at radius 1 is 0.742 bits per heavy atom.